The normalized spacial score (nSPS) is 21.1. The first-order valence-corrected chi connectivity index (χ1v) is 11.4. The first kappa shape index (κ1) is 23.4. The number of likely N-dealkylation sites (tertiary alicyclic amines) is 1. The van der Waals surface area contributed by atoms with Crippen LogP contribution >= 0.6 is 11.3 Å². The highest BCUT2D eigenvalue weighted by atomic mass is 32.1. The van der Waals surface area contributed by atoms with Gasteiger partial charge in [-0.3, -0.25) is 9.59 Å². The van der Waals surface area contributed by atoms with Crippen molar-refractivity contribution in [3.8, 4) is 10.4 Å². The lowest BCUT2D eigenvalue weighted by molar-refractivity contribution is -0.141. The molecule has 4 unspecified atom stereocenters. The maximum Gasteiger partial charge on any atom is 0.243 e. The second kappa shape index (κ2) is 9.06. The van der Waals surface area contributed by atoms with Crippen LogP contribution in [0.25, 0.3) is 10.4 Å². The van der Waals surface area contributed by atoms with Gasteiger partial charge in [0.2, 0.25) is 11.8 Å². The molecule has 2 amide bonds. The second-order valence-electron chi connectivity index (χ2n) is 9.36. The summed E-state index contributed by atoms with van der Waals surface area (Å²) in [7, 11) is 0. The predicted molar refractivity (Wildman–Crippen MR) is 122 cm³/mol. The number of aryl methyl sites for hydroxylation is 1. The third-order valence-corrected chi connectivity index (χ3v) is 6.82. The number of carbonyl (C=O) groups is 2. The van der Waals surface area contributed by atoms with Crippen LogP contribution in [-0.4, -0.2) is 51.5 Å². The van der Waals surface area contributed by atoms with Crippen molar-refractivity contribution in [3.63, 3.8) is 0 Å². The van der Waals surface area contributed by atoms with Gasteiger partial charge < -0.3 is 21.1 Å². The standard InChI is InChI=1S/C23H32N4O3S/c1-13(15-6-8-16(9-7-15)19-14(2)25-12-31-19)26-21(29)18-10-17(28)11-27(18)22(30)20(24)23(3,4)5/h6-9,12-13,17-18,20,28H,10-11,24H2,1-5H3,(H,26,29). The molecule has 1 saturated heterocycles. The molecule has 0 saturated carbocycles. The molecule has 1 fully saturated rings. The summed E-state index contributed by atoms with van der Waals surface area (Å²) in [6.07, 6.45) is -0.519. The minimum Gasteiger partial charge on any atom is -0.391 e. The summed E-state index contributed by atoms with van der Waals surface area (Å²) >= 11 is 1.60. The fourth-order valence-corrected chi connectivity index (χ4v) is 4.56. The summed E-state index contributed by atoms with van der Waals surface area (Å²) in [5.74, 6) is -0.581. The topological polar surface area (TPSA) is 109 Å². The van der Waals surface area contributed by atoms with Gasteiger partial charge in [-0.05, 0) is 30.4 Å². The van der Waals surface area contributed by atoms with E-state index in [2.05, 4.69) is 10.3 Å². The van der Waals surface area contributed by atoms with Gasteiger partial charge in [0.25, 0.3) is 0 Å². The number of carbonyl (C=O) groups excluding carboxylic acids is 2. The van der Waals surface area contributed by atoms with E-state index in [-0.39, 0.29) is 30.8 Å². The van der Waals surface area contributed by atoms with Crippen LogP contribution in [-0.2, 0) is 9.59 Å². The van der Waals surface area contributed by atoms with Gasteiger partial charge in [-0.1, -0.05) is 45.0 Å². The van der Waals surface area contributed by atoms with E-state index in [4.69, 9.17) is 5.73 Å². The Morgan fingerprint density at radius 3 is 2.48 bits per heavy atom. The van der Waals surface area contributed by atoms with Crippen molar-refractivity contribution in [1.29, 1.82) is 0 Å². The number of hydrogen-bond donors (Lipinski definition) is 3. The molecule has 31 heavy (non-hydrogen) atoms. The average molecular weight is 445 g/mol. The summed E-state index contributed by atoms with van der Waals surface area (Å²) in [4.78, 5) is 32.7. The lowest BCUT2D eigenvalue weighted by Crippen LogP contribution is -2.55. The lowest BCUT2D eigenvalue weighted by atomic mass is 9.86. The van der Waals surface area contributed by atoms with Crippen molar-refractivity contribution in [2.24, 2.45) is 11.1 Å². The highest BCUT2D eigenvalue weighted by Gasteiger charge is 2.42. The van der Waals surface area contributed by atoms with Gasteiger partial charge in [-0.15, -0.1) is 11.3 Å². The Kier molecular flexibility index (Phi) is 6.83. The lowest BCUT2D eigenvalue weighted by Gasteiger charge is -2.32. The van der Waals surface area contributed by atoms with Crippen LogP contribution in [0.1, 0.15) is 51.4 Å². The van der Waals surface area contributed by atoms with Gasteiger partial charge in [0.15, 0.2) is 0 Å². The van der Waals surface area contributed by atoms with Crippen LogP contribution < -0.4 is 11.1 Å². The smallest absolute Gasteiger partial charge is 0.243 e. The Bertz CT molecular complexity index is 935. The number of benzene rings is 1. The molecule has 3 rings (SSSR count). The molecule has 0 spiro atoms. The minimum absolute atomic E-state index is 0.123. The largest absolute Gasteiger partial charge is 0.391 e. The van der Waals surface area contributed by atoms with Crippen LogP contribution in [0.15, 0.2) is 29.8 Å². The number of rotatable bonds is 5. The third-order valence-electron chi connectivity index (χ3n) is 5.84. The number of nitrogens with zero attached hydrogens (tertiary/aromatic N) is 2. The fraction of sp³-hybridized carbons (Fsp3) is 0.522. The first-order valence-electron chi connectivity index (χ1n) is 10.5. The zero-order valence-electron chi connectivity index (χ0n) is 18.8. The molecular weight excluding hydrogens is 412 g/mol. The summed E-state index contributed by atoms with van der Waals surface area (Å²) < 4.78 is 0. The molecule has 1 aromatic heterocycles. The highest BCUT2D eigenvalue weighted by Crippen LogP contribution is 2.29. The maximum absolute atomic E-state index is 13.0. The number of nitrogens with one attached hydrogen (secondary N) is 1. The van der Waals surface area contributed by atoms with Gasteiger partial charge in [-0.2, -0.15) is 0 Å². The molecule has 168 valence electrons. The van der Waals surface area contributed by atoms with E-state index >= 15 is 0 Å². The molecule has 0 radical (unpaired) electrons. The second-order valence-corrected chi connectivity index (χ2v) is 10.2. The summed E-state index contributed by atoms with van der Waals surface area (Å²) in [6, 6.07) is 6.32. The Hall–Kier alpha value is -2.29. The van der Waals surface area contributed by atoms with Crippen LogP contribution in [0, 0.1) is 12.3 Å². The quantitative estimate of drug-likeness (QED) is 0.657. The average Bonchev–Trinajstić information content (AvgIpc) is 3.31. The number of aliphatic hydroxyl groups is 1. The Labute approximate surface area is 187 Å². The molecule has 8 heteroatoms. The SMILES string of the molecule is Cc1ncsc1-c1ccc(C(C)NC(=O)C2CC(O)CN2C(=O)C(N)C(C)(C)C)cc1. The number of hydrogen-bond acceptors (Lipinski definition) is 6. The number of thiazole rings is 1. The van der Waals surface area contributed by atoms with E-state index < -0.39 is 23.6 Å². The van der Waals surface area contributed by atoms with E-state index in [1.807, 2.05) is 64.4 Å². The Morgan fingerprint density at radius 2 is 1.94 bits per heavy atom. The molecular formula is C23H32N4O3S. The van der Waals surface area contributed by atoms with Crippen molar-refractivity contribution in [1.82, 2.24) is 15.2 Å². The highest BCUT2D eigenvalue weighted by molar-refractivity contribution is 7.13. The summed E-state index contributed by atoms with van der Waals surface area (Å²) in [6.45, 7) is 9.67. The van der Waals surface area contributed by atoms with E-state index in [0.717, 1.165) is 21.7 Å². The van der Waals surface area contributed by atoms with Gasteiger partial charge in [0, 0.05) is 13.0 Å². The Morgan fingerprint density at radius 1 is 1.29 bits per heavy atom. The molecule has 0 bridgehead atoms. The third kappa shape index (κ3) is 5.14. The van der Waals surface area contributed by atoms with Crippen LogP contribution in [0.2, 0.25) is 0 Å². The molecule has 1 aromatic carbocycles. The van der Waals surface area contributed by atoms with Crippen LogP contribution in [0.4, 0.5) is 0 Å². The van der Waals surface area contributed by atoms with Crippen molar-refractivity contribution in [2.45, 2.75) is 65.3 Å². The van der Waals surface area contributed by atoms with E-state index in [1.165, 1.54) is 4.90 Å². The molecule has 7 nitrogen and oxygen atoms in total. The number of aromatic nitrogens is 1. The number of nitrogens with two attached hydrogens (primary N) is 1. The summed E-state index contributed by atoms with van der Waals surface area (Å²) in [5, 5.41) is 13.1. The zero-order chi connectivity index (χ0) is 22.9. The molecule has 0 aliphatic carbocycles. The zero-order valence-corrected chi connectivity index (χ0v) is 19.6. The van der Waals surface area contributed by atoms with Gasteiger partial charge in [0.1, 0.15) is 6.04 Å². The van der Waals surface area contributed by atoms with E-state index in [0.29, 0.717) is 0 Å². The molecule has 4 atom stereocenters. The van der Waals surface area contributed by atoms with E-state index in [9.17, 15) is 14.7 Å². The van der Waals surface area contributed by atoms with Crippen LogP contribution in [0.3, 0.4) is 0 Å². The minimum atomic E-state index is -0.742. The van der Waals surface area contributed by atoms with Crippen LogP contribution in [0.5, 0.6) is 0 Å². The fourth-order valence-electron chi connectivity index (χ4n) is 3.75. The molecule has 2 heterocycles. The first-order chi connectivity index (χ1) is 14.5. The van der Waals surface area contributed by atoms with Crippen molar-refractivity contribution < 1.29 is 14.7 Å². The van der Waals surface area contributed by atoms with Gasteiger partial charge in [-0.25, -0.2) is 4.98 Å². The Balaban J connectivity index is 1.69. The number of aliphatic hydroxyl groups excluding tert-OH is 1. The summed E-state index contributed by atoms with van der Waals surface area (Å²) in [5.41, 5.74) is 10.6. The van der Waals surface area contributed by atoms with Gasteiger partial charge in [0.05, 0.1) is 34.3 Å². The molecule has 1 aliphatic heterocycles. The van der Waals surface area contributed by atoms with Crippen molar-refractivity contribution in [3.05, 3.63) is 41.0 Å². The van der Waals surface area contributed by atoms with Crippen molar-refractivity contribution >= 4 is 23.2 Å². The van der Waals surface area contributed by atoms with Gasteiger partial charge >= 0.3 is 0 Å². The van der Waals surface area contributed by atoms with E-state index in [1.54, 1.807) is 11.3 Å². The monoisotopic (exact) mass is 444 g/mol. The number of amides is 2. The molecule has 1 aliphatic rings. The molecule has 4 N–H and O–H groups in total. The maximum atomic E-state index is 13.0. The predicted octanol–water partition coefficient (Wildman–Crippen LogP) is 2.63. The number of β-amino-alcohol motifs (C(OH)–C–C–N with tert-alkyl or cyclic N) is 1. The molecule has 2 aromatic rings. The van der Waals surface area contributed by atoms with Crippen molar-refractivity contribution in [2.75, 3.05) is 6.54 Å².